The maximum absolute atomic E-state index is 13.5. The Morgan fingerprint density at radius 2 is 1.86 bits per heavy atom. The molecule has 1 aliphatic heterocycles. The Labute approximate surface area is 118 Å². The summed E-state index contributed by atoms with van der Waals surface area (Å²) in [4.78, 5) is 23.3. The molecular formula is C15H10F2N2O2. The normalized spacial score (nSPS) is 12.8. The quantitative estimate of drug-likeness (QED) is 0.892. The zero-order valence-electron chi connectivity index (χ0n) is 10.7. The Hall–Kier alpha value is -2.76. The molecule has 2 N–H and O–H groups in total. The van der Waals surface area contributed by atoms with Crippen LogP contribution < -0.4 is 10.6 Å². The molecule has 21 heavy (non-hydrogen) atoms. The third kappa shape index (κ3) is 2.47. The van der Waals surface area contributed by atoms with Crippen molar-refractivity contribution < 1.29 is 18.4 Å². The number of anilines is 2. The van der Waals surface area contributed by atoms with Gasteiger partial charge in [-0.25, -0.2) is 8.78 Å². The van der Waals surface area contributed by atoms with E-state index in [1.807, 2.05) is 0 Å². The van der Waals surface area contributed by atoms with Crippen LogP contribution in [0.1, 0.15) is 15.9 Å². The molecule has 0 bridgehead atoms. The Kier molecular flexibility index (Phi) is 3.13. The summed E-state index contributed by atoms with van der Waals surface area (Å²) in [5.74, 6) is -2.48. The molecule has 1 aliphatic rings. The van der Waals surface area contributed by atoms with E-state index in [1.54, 1.807) is 6.07 Å². The second kappa shape index (κ2) is 4.97. The summed E-state index contributed by atoms with van der Waals surface area (Å²) in [6.45, 7) is 0. The molecule has 4 nitrogen and oxygen atoms in total. The molecule has 0 fully saturated rings. The molecule has 3 rings (SSSR count). The van der Waals surface area contributed by atoms with Gasteiger partial charge in [0.15, 0.2) is 0 Å². The van der Waals surface area contributed by atoms with Gasteiger partial charge in [0.05, 0.1) is 6.42 Å². The van der Waals surface area contributed by atoms with Crippen LogP contribution in [0.4, 0.5) is 20.2 Å². The summed E-state index contributed by atoms with van der Waals surface area (Å²) >= 11 is 0. The molecule has 2 aromatic carbocycles. The first-order valence-electron chi connectivity index (χ1n) is 6.23. The fraction of sp³-hybridized carbons (Fsp3) is 0.0667. The fourth-order valence-electron chi connectivity index (χ4n) is 2.17. The third-order valence-corrected chi connectivity index (χ3v) is 3.19. The van der Waals surface area contributed by atoms with E-state index < -0.39 is 23.2 Å². The van der Waals surface area contributed by atoms with Crippen molar-refractivity contribution in [1.82, 2.24) is 0 Å². The van der Waals surface area contributed by atoms with Gasteiger partial charge in [-0.1, -0.05) is 6.07 Å². The van der Waals surface area contributed by atoms with Crippen LogP contribution in [-0.4, -0.2) is 11.8 Å². The van der Waals surface area contributed by atoms with Crippen LogP contribution >= 0.6 is 0 Å². The van der Waals surface area contributed by atoms with E-state index >= 15 is 0 Å². The van der Waals surface area contributed by atoms with E-state index in [-0.39, 0.29) is 17.9 Å². The third-order valence-electron chi connectivity index (χ3n) is 3.19. The molecule has 1 heterocycles. The second-order valence-electron chi connectivity index (χ2n) is 4.65. The average molecular weight is 288 g/mol. The minimum absolute atomic E-state index is 0.150. The van der Waals surface area contributed by atoms with Crippen LogP contribution in [0.2, 0.25) is 0 Å². The van der Waals surface area contributed by atoms with E-state index in [0.717, 1.165) is 12.1 Å². The van der Waals surface area contributed by atoms with Gasteiger partial charge in [0.2, 0.25) is 5.91 Å². The van der Waals surface area contributed by atoms with Crippen molar-refractivity contribution in [2.45, 2.75) is 6.42 Å². The monoisotopic (exact) mass is 288 g/mol. The van der Waals surface area contributed by atoms with Gasteiger partial charge >= 0.3 is 0 Å². The van der Waals surface area contributed by atoms with Crippen molar-refractivity contribution >= 4 is 23.2 Å². The SMILES string of the molecule is O=C1Cc2cc(C(=O)Nc3c(F)cccc3F)ccc2N1. The summed E-state index contributed by atoms with van der Waals surface area (Å²) in [6, 6.07) is 7.94. The molecule has 6 heteroatoms. The van der Waals surface area contributed by atoms with E-state index in [2.05, 4.69) is 10.6 Å². The molecule has 0 saturated heterocycles. The number of hydrogen-bond donors (Lipinski definition) is 2. The Bertz CT molecular complexity index is 739. The number of rotatable bonds is 2. The van der Waals surface area contributed by atoms with Crippen molar-refractivity contribution in [3.8, 4) is 0 Å². The summed E-state index contributed by atoms with van der Waals surface area (Å²) in [7, 11) is 0. The molecule has 0 saturated carbocycles. The topological polar surface area (TPSA) is 58.2 Å². The predicted octanol–water partition coefficient (Wildman–Crippen LogP) is 2.71. The zero-order chi connectivity index (χ0) is 15.0. The summed E-state index contributed by atoms with van der Waals surface area (Å²) in [6.07, 6.45) is 0.185. The molecule has 0 radical (unpaired) electrons. The number of para-hydroxylation sites is 1. The average Bonchev–Trinajstić information content (AvgIpc) is 2.81. The Morgan fingerprint density at radius 3 is 2.57 bits per heavy atom. The second-order valence-corrected chi connectivity index (χ2v) is 4.65. The number of nitrogens with one attached hydrogen (secondary N) is 2. The molecule has 0 atom stereocenters. The van der Waals surface area contributed by atoms with Gasteiger partial charge in [0, 0.05) is 11.3 Å². The first kappa shape index (κ1) is 13.2. The van der Waals surface area contributed by atoms with Gasteiger partial charge in [-0.15, -0.1) is 0 Å². The Balaban J connectivity index is 1.87. The lowest BCUT2D eigenvalue weighted by molar-refractivity contribution is -0.115. The van der Waals surface area contributed by atoms with Crippen molar-refractivity contribution in [2.75, 3.05) is 10.6 Å². The minimum Gasteiger partial charge on any atom is -0.326 e. The standard InChI is InChI=1S/C15H10F2N2O2/c16-10-2-1-3-11(17)14(10)19-15(21)8-4-5-12-9(6-8)7-13(20)18-12/h1-6H,7H2,(H,18,20)(H,19,21). The summed E-state index contributed by atoms with van der Waals surface area (Å²) in [5, 5.41) is 4.84. The molecule has 2 aromatic rings. The van der Waals surface area contributed by atoms with Gasteiger partial charge in [-0.3, -0.25) is 9.59 Å². The lowest BCUT2D eigenvalue weighted by Gasteiger charge is -2.08. The lowest BCUT2D eigenvalue weighted by Crippen LogP contribution is -2.14. The predicted molar refractivity (Wildman–Crippen MR) is 73.1 cm³/mol. The number of benzene rings is 2. The maximum atomic E-state index is 13.5. The van der Waals surface area contributed by atoms with Gasteiger partial charge < -0.3 is 10.6 Å². The fourth-order valence-corrected chi connectivity index (χ4v) is 2.17. The molecule has 0 unspecified atom stereocenters. The summed E-state index contributed by atoms with van der Waals surface area (Å²) in [5.41, 5.74) is 1.07. The van der Waals surface area contributed by atoms with Crippen molar-refractivity contribution in [3.05, 3.63) is 59.2 Å². The molecular weight excluding hydrogens is 278 g/mol. The van der Waals surface area contributed by atoms with Crippen LogP contribution in [0.3, 0.4) is 0 Å². The van der Waals surface area contributed by atoms with Crippen molar-refractivity contribution in [2.24, 2.45) is 0 Å². The first-order valence-corrected chi connectivity index (χ1v) is 6.23. The zero-order valence-corrected chi connectivity index (χ0v) is 10.7. The van der Waals surface area contributed by atoms with Crippen LogP contribution in [0.25, 0.3) is 0 Å². The minimum atomic E-state index is -0.846. The van der Waals surface area contributed by atoms with Crippen molar-refractivity contribution in [3.63, 3.8) is 0 Å². The van der Waals surface area contributed by atoms with Gasteiger partial charge in [0.1, 0.15) is 17.3 Å². The molecule has 106 valence electrons. The number of halogens is 2. The number of amides is 2. The number of carbonyl (C=O) groups is 2. The van der Waals surface area contributed by atoms with Gasteiger partial charge in [-0.2, -0.15) is 0 Å². The van der Waals surface area contributed by atoms with Gasteiger partial charge in [-0.05, 0) is 35.9 Å². The van der Waals surface area contributed by atoms with E-state index in [1.165, 1.54) is 18.2 Å². The van der Waals surface area contributed by atoms with Crippen LogP contribution in [0.15, 0.2) is 36.4 Å². The first-order chi connectivity index (χ1) is 10.0. The highest BCUT2D eigenvalue weighted by Gasteiger charge is 2.20. The number of fused-ring (bicyclic) bond motifs is 1. The molecule has 0 aromatic heterocycles. The smallest absolute Gasteiger partial charge is 0.255 e. The molecule has 2 amide bonds. The van der Waals surface area contributed by atoms with Crippen molar-refractivity contribution in [1.29, 1.82) is 0 Å². The van der Waals surface area contributed by atoms with Crippen LogP contribution in [0.5, 0.6) is 0 Å². The largest absolute Gasteiger partial charge is 0.326 e. The highest BCUT2D eigenvalue weighted by molar-refractivity contribution is 6.06. The highest BCUT2D eigenvalue weighted by atomic mass is 19.1. The Morgan fingerprint density at radius 1 is 1.14 bits per heavy atom. The number of carbonyl (C=O) groups excluding carboxylic acids is 2. The van der Waals surface area contributed by atoms with Crippen LogP contribution in [-0.2, 0) is 11.2 Å². The lowest BCUT2D eigenvalue weighted by atomic mass is 10.1. The number of hydrogen-bond acceptors (Lipinski definition) is 2. The highest BCUT2D eigenvalue weighted by Crippen LogP contribution is 2.25. The van der Waals surface area contributed by atoms with E-state index in [4.69, 9.17) is 0 Å². The summed E-state index contributed by atoms with van der Waals surface area (Å²) < 4.78 is 27.0. The van der Waals surface area contributed by atoms with E-state index in [9.17, 15) is 18.4 Å². The van der Waals surface area contributed by atoms with E-state index in [0.29, 0.717) is 11.3 Å². The maximum Gasteiger partial charge on any atom is 0.255 e. The van der Waals surface area contributed by atoms with Gasteiger partial charge in [0.25, 0.3) is 5.91 Å². The van der Waals surface area contributed by atoms with Crippen LogP contribution in [0, 0.1) is 11.6 Å². The molecule has 0 aliphatic carbocycles. The molecule has 0 spiro atoms.